The molecule has 2 aromatic carbocycles. The lowest BCUT2D eigenvalue weighted by Crippen LogP contribution is -2.38. The molecule has 3 aromatic rings. The van der Waals surface area contributed by atoms with Crippen molar-refractivity contribution in [3.63, 3.8) is 0 Å². The van der Waals surface area contributed by atoms with Crippen molar-refractivity contribution in [2.45, 2.75) is 69.5 Å². The van der Waals surface area contributed by atoms with Crippen molar-refractivity contribution in [3.05, 3.63) is 87.0 Å². The third kappa shape index (κ3) is 4.51. The summed E-state index contributed by atoms with van der Waals surface area (Å²) in [6, 6.07) is 11.3. The van der Waals surface area contributed by atoms with Crippen molar-refractivity contribution < 1.29 is 14.4 Å². The van der Waals surface area contributed by atoms with E-state index in [9.17, 15) is 14.4 Å². The van der Waals surface area contributed by atoms with E-state index in [0.717, 1.165) is 35.1 Å². The average Bonchev–Trinajstić information content (AvgIpc) is 3.47. The van der Waals surface area contributed by atoms with E-state index >= 15 is 0 Å². The van der Waals surface area contributed by atoms with Crippen molar-refractivity contribution in [3.8, 4) is 0 Å². The number of tetrazole rings is 1. The van der Waals surface area contributed by atoms with Crippen molar-refractivity contribution in [1.29, 1.82) is 0 Å². The smallest absolute Gasteiger partial charge is 0.301 e. The van der Waals surface area contributed by atoms with E-state index in [0.29, 0.717) is 55.0 Å². The summed E-state index contributed by atoms with van der Waals surface area (Å²) in [6.07, 6.45) is 4.21. The molecule has 2 aliphatic carbocycles. The number of piperidine rings is 1. The van der Waals surface area contributed by atoms with E-state index in [-0.39, 0.29) is 24.0 Å². The largest absolute Gasteiger partial charge is 0.366 e. The first kappa shape index (κ1) is 27.6. The van der Waals surface area contributed by atoms with Gasteiger partial charge in [0.15, 0.2) is 5.82 Å². The molecule has 1 saturated heterocycles. The van der Waals surface area contributed by atoms with E-state index in [4.69, 9.17) is 18.0 Å². The molecule has 3 aliphatic rings. The Morgan fingerprint density at radius 1 is 1.05 bits per heavy atom. The second kappa shape index (κ2) is 10.4. The van der Waals surface area contributed by atoms with E-state index in [1.54, 1.807) is 23.9 Å². The predicted octanol–water partition coefficient (Wildman–Crippen LogP) is 2.51. The van der Waals surface area contributed by atoms with Gasteiger partial charge in [0.1, 0.15) is 0 Å². The molecular formula is C31H34N8O3. The van der Waals surface area contributed by atoms with Crippen molar-refractivity contribution >= 4 is 17.7 Å². The van der Waals surface area contributed by atoms with Gasteiger partial charge in [-0.15, -0.1) is 5.10 Å². The molecule has 11 heteroatoms. The third-order valence-electron chi connectivity index (χ3n) is 9.38. The summed E-state index contributed by atoms with van der Waals surface area (Å²) in [7, 11) is 1.80. The number of aryl methyl sites for hydroxylation is 3. The third-order valence-corrected chi connectivity index (χ3v) is 9.38. The number of likely N-dealkylation sites (tertiary alicyclic amines) is 1. The number of carbonyl (C=O) groups is 3. The highest BCUT2D eigenvalue weighted by Gasteiger charge is 2.57. The lowest BCUT2D eigenvalue weighted by Gasteiger charge is -2.37. The van der Waals surface area contributed by atoms with Gasteiger partial charge < -0.3 is 11.5 Å². The highest BCUT2D eigenvalue weighted by Crippen LogP contribution is 2.50. The second-order valence-electron chi connectivity index (χ2n) is 12.1. The Bertz CT molecular complexity index is 1570. The van der Waals surface area contributed by atoms with Crippen LogP contribution in [0.2, 0.25) is 0 Å². The van der Waals surface area contributed by atoms with E-state index in [2.05, 4.69) is 27.3 Å². The van der Waals surface area contributed by atoms with Crippen LogP contribution in [0, 0.1) is 18.4 Å². The van der Waals surface area contributed by atoms with Crippen LogP contribution in [0.4, 0.5) is 0 Å². The number of hydrogen-bond acceptors (Lipinski definition) is 6. The van der Waals surface area contributed by atoms with Gasteiger partial charge in [0.05, 0.1) is 5.41 Å². The molecule has 2 fully saturated rings. The van der Waals surface area contributed by atoms with Crippen LogP contribution < -0.4 is 11.5 Å². The molecule has 1 aliphatic heterocycles. The van der Waals surface area contributed by atoms with Crippen LogP contribution in [0.3, 0.4) is 0 Å². The molecule has 0 bridgehead atoms. The molecule has 4 N–H and O–H groups in total. The average molecular weight is 567 g/mol. The van der Waals surface area contributed by atoms with Crippen LogP contribution in [-0.2, 0) is 30.1 Å². The monoisotopic (exact) mass is 566 g/mol. The van der Waals surface area contributed by atoms with E-state index in [1.165, 1.54) is 0 Å². The van der Waals surface area contributed by atoms with Gasteiger partial charge in [-0.05, 0) is 101 Å². The summed E-state index contributed by atoms with van der Waals surface area (Å²) in [5, 5.41) is 12.7. The van der Waals surface area contributed by atoms with Crippen LogP contribution in [0.5, 0.6) is 0 Å². The molecule has 2 heterocycles. The molecule has 11 nitrogen and oxygen atoms in total. The Labute approximate surface area is 244 Å². The van der Waals surface area contributed by atoms with Crippen molar-refractivity contribution in [1.82, 2.24) is 25.1 Å². The van der Waals surface area contributed by atoms with E-state index in [1.807, 2.05) is 29.2 Å². The SMILES string of the molecule is [C-]#[N+][C@@H]1C[C@@H]2C[C@@H]2N1C(=O)CC[C@@H](C)CC1(c2nnnn2C)c2ccc(C(N)=O)cc2CCc2cc(C(N)=O)ccc21. The number of carbonyl (C=O) groups excluding carboxylic acids is 3. The zero-order valence-corrected chi connectivity index (χ0v) is 23.8. The predicted molar refractivity (Wildman–Crippen MR) is 153 cm³/mol. The molecule has 42 heavy (non-hydrogen) atoms. The minimum atomic E-state index is -0.845. The molecule has 0 spiro atoms. The highest BCUT2D eigenvalue weighted by molar-refractivity contribution is 5.94. The zero-order chi connectivity index (χ0) is 29.8. The van der Waals surface area contributed by atoms with Crippen LogP contribution in [0.15, 0.2) is 36.4 Å². The topological polar surface area (TPSA) is 154 Å². The molecular weight excluding hydrogens is 532 g/mol. The number of nitrogens with two attached hydrogens (primary N) is 2. The number of fused-ring (bicyclic) bond motifs is 3. The quantitative estimate of drug-likeness (QED) is 0.399. The standard InChI is InChI=1S/C31H34N8O3/c1-17(4-11-27(40)39-25-14-22(25)15-26(39)34-2)16-31(30-35-36-37-38(30)3)23-9-7-20(28(32)41)12-18(23)5-6-19-13-21(29(33)42)8-10-24(19)31/h7-10,12-13,17,22,25-26H,4-6,11,14-16H2,1,3H3,(H2,32,41)(H2,33,42)/t17-,22+,25+,26+/m1/s1. The van der Waals surface area contributed by atoms with Gasteiger partial charge in [-0.1, -0.05) is 19.1 Å². The molecule has 0 radical (unpaired) electrons. The lowest BCUT2D eigenvalue weighted by atomic mass is 9.66. The maximum absolute atomic E-state index is 13.3. The van der Waals surface area contributed by atoms with Gasteiger partial charge in [0, 0.05) is 37.1 Å². The van der Waals surface area contributed by atoms with Crippen LogP contribution in [0.25, 0.3) is 4.85 Å². The summed E-state index contributed by atoms with van der Waals surface area (Å²) in [4.78, 5) is 43.1. The van der Waals surface area contributed by atoms with Gasteiger partial charge in [0.2, 0.25) is 17.7 Å². The van der Waals surface area contributed by atoms with Gasteiger partial charge in [-0.3, -0.25) is 24.1 Å². The molecule has 6 rings (SSSR count). The summed E-state index contributed by atoms with van der Waals surface area (Å²) < 4.78 is 1.67. The number of aromatic nitrogens is 4. The lowest BCUT2D eigenvalue weighted by molar-refractivity contribution is -0.132. The van der Waals surface area contributed by atoms with Crippen LogP contribution >= 0.6 is 0 Å². The fourth-order valence-corrected chi connectivity index (χ4v) is 7.32. The fourth-order valence-electron chi connectivity index (χ4n) is 7.32. The Hall–Kier alpha value is -4.59. The Kier molecular flexibility index (Phi) is 6.80. The fraction of sp³-hybridized carbons (Fsp3) is 0.452. The number of rotatable bonds is 8. The molecule has 1 saturated carbocycles. The Balaban J connectivity index is 1.43. The molecule has 1 aromatic heterocycles. The van der Waals surface area contributed by atoms with Gasteiger partial charge in [-0.25, -0.2) is 11.3 Å². The maximum atomic E-state index is 13.3. The number of benzene rings is 2. The first-order valence-corrected chi connectivity index (χ1v) is 14.4. The normalized spacial score (nSPS) is 22.2. The highest BCUT2D eigenvalue weighted by atomic mass is 16.2. The Morgan fingerprint density at radius 2 is 1.67 bits per heavy atom. The summed E-state index contributed by atoms with van der Waals surface area (Å²) in [5.74, 6) is 0.168. The molecule has 216 valence electrons. The van der Waals surface area contributed by atoms with Gasteiger partial charge >= 0.3 is 6.17 Å². The summed E-state index contributed by atoms with van der Waals surface area (Å²) >= 11 is 0. The number of primary amides is 2. The van der Waals surface area contributed by atoms with Gasteiger partial charge in [0.25, 0.3) is 0 Å². The molecule has 4 atom stereocenters. The van der Waals surface area contributed by atoms with Crippen LogP contribution in [0.1, 0.15) is 87.8 Å². The first-order valence-electron chi connectivity index (χ1n) is 14.4. The number of amides is 3. The Morgan fingerprint density at radius 3 is 2.19 bits per heavy atom. The summed E-state index contributed by atoms with van der Waals surface area (Å²) in [5.41, 5.74) is 15.1. The first-order chi connectivity index (χ1) is 20.1. The van der Waals surface area contributed by atoms with Gasteiger partial charge in [-0.2, -0.15) is 0 Å². The maximum Gasteiger partial charge on any atom is 0.301 e. The number of nitrogens with zero attached hydrogens (tertiary/aromatic N) is 6. The van der Waals surface area contributed by atoms with Crippen LogP contribution in [-0.4, -0.2) is 55.0 Å². The second-order valence-corrected chi connectivity index (χ2v) is 12.1. The van der Waals surface area contributed by atoms with Crippen molar-refractivity contribution in [2.75, 3.05) is 0 Å². The minimum Gasteiger partial charge on any atom is -0.366 e. The summed E-state index contributed by atoms with van der Waals surface area (Å²) in [6.45, 7) is 9.66. The molecule has 0 unspecified atom stereocenters. The van der Waals surface area contributed by atoms with E-state index < -0.39 is 17.2 Å². The molecule has 3 amide bonds. The van der Waals surface area contributed by atoms with Crippen molar-refractivity contribution in [2.24, 2.45) is 30.4 Å². The number of hydrogen-bond donors (Lipinski definition) is 2. The zero-order valence-electron chi connectivity index (χ0n) is 23.8. The minimum absolute atomic E-state index is 0.0417.